The second-order valence-electron chi connectivity index (χ2n) is 6.13. The zero-order chi connectivity index (χ0) is 16.2. The molecular weight excluding hydrogens is 274 g/mol. The van der Waals surface area contributed by atoms with E-state index in [-0.39, 0.29) is 24.5 Å². The van der Waals surface area contributed by atoms with E-state index in [2.05, 4.69) is 20.5 Å². The summed E-state index contributed by atoms with van der Waals surface area (Å²) in [5.74, 6) is -0.300. The van der Waals surface area contributed by atoms with E-state index < -0.39 is 11.9 Å². The molecule has 0 aromatic carbocycles. The normalized spacial score (nSPS) is 12.8. The Morgan fingerprint density at radius 3 is 2.52 bits per heavy atom. The fourth-order valence-electron chi connectivity index (χ4n) is 1.58. The van der Waals surface area contributed by atoms with E-state index in [1.165, 1.54) is 4.90 Å². The Hall–Kier alpha value is -2.12. The van der Waals surface area contributed by atoms with Crippen molar-refractivity contribution in [2.24, 2.45) is 5.92 Å². The average Bonchev–Trinajstić information content (AvgIpc) is 2.84. The third-order valence-electron chi connectivity index (χ3n) is 2.93. The van der Waals surface area contributed by atoms with Crippen LogP contribution in [0.5, 0.6) is 0 Å². The molecule has 1 rings (SSSR count). The SMILES string of the molecule is CC(CN(C)C(=O)NCc1nc(C(C)(C)C)n[nH]1)C(=O)O. The molecule has 0 saturated carbocycles. The average molecular weight is 297 g/mol. The summed E-state index contributed by atoms with van der Waals surface area (Å²) < 4.78 is 0. The van der Waals surface area contributed by atoms with E-state index in [0.29, 0.717) is 11.6 Å². The Morgan fingerprint density at radius 2 is 2.05 bits per heavy atom. The summed E-state index contributed by atoms with van der Waals surface area (Å²) in [6.07, 6.45) is 0. The molecule has 1 atom stereocenters. The quantitative estimate of drug-likeness (QED) is 0.749. The number of carbonyl (C=O) groups is 2. The molecule has 0 aliphatic heterocycles. The lowest BCUT2D eigenvalue weighted by Gasteiger charge is -2.19. The minimum atomic E-state index is -0.931. The maximum absolute atomic E-state index is 11.8. The Bertz CT molecular complexity index is 506. The van der Waals surface area contributed by atoms with Crippen LogP contribution < -0.4 is 5.32 Å². The topological polar surface area (TPSA) is 111 Å². The van der Waals surface area contributed by atoms with Gasteiger partial charge in [0.05, 0.1) is 12.5 Å². The number of hydrogen-bond acceptors (Lipinski definition) is 4. The molecule has 0 fully saturated rings. The van der Waals surface area contributed by atoms with Gasteiger partial charge in [0.2, 0.25) is 0 Å². The van der Waals surface area contributed by atoms with Crippen molar-refractivity contribution < 1.29 is 14.7 Å². The van der Waals surface area contributed by atoms with Crippen LogP contribution in [0.1, 0.15) is 39.3 Å². The van der Waals surface area contributed by atoms with Crippen LogP contribution in [-0.2, 0) is 16.8 Å². The number of aromatic amines is 1. The summed E-state index contributed by atoms with van der Waals surface area (Å²) in [5, 5.41) is 18.4. The fraction of sp³-hybridized carbons (Fsp3) is 0.692. The monoisotopic (exact) mass is 297 g/mol. The van der Waals surface area contributed by atoms with Gasteiger partial charge in [0, 0.05) is 19.0 Å². The number of aliphatic carboxylic acids is 1. The molecule has 2 amide bonds. The lowest BCUT2D eigenvalue weighted by molar-refractivity contribution is -0.141. The van der Waals surface area contributed by atoms with Crippen molar-refractivity contribution in [3.8, 4) is 0 Å². The van der Waals surface area contributed by atoms with Gasteiger partial charge < -0.3 is 15.3 Å². The van der Waals surface area contributed by atoms with Crippen LogP contribution in [-0.4, -0.2) is 50.8 Å². The molecular formula is C13H23N5O3. The molecule has 0 saturated heterocycles. The smallest absolute Gasteiger partial charge is 0.317 e. The second-order valence-corrected chi connectivity index (χ2v) is 6.13. The second kappa shape index (κ2) is 6.55. The molecule has 8 heteroatoms. The molecule has 8 nitrogen and oxygen atoms in total. The number of hydrogen-bond donors (Lipinski definition) is 3. The minimum Gasteiger partial charge on any atom is -0.481 e. The largest absolute Gasteiger partial charge is 0.481 e. The first-order valence-corrected chi connectivity index (χ1v) is 6.74. The van der Waals surface area contributed by atoms with Gasteiger partial charge in [-0.1, -0.05) is 27.7 Å². The highest BCUT2D eigenvalue weighted by Crippen LogP contribution is 2.17. The van der Waals surface area contributed by atoms with Crippen LogP contribution in [0.15, 0.2) is 0 Å². The van der Waals surface area contributed by atoms with E-state index >= 15 is 0 Å². The standard InChI is InChI=1S/C13H23N5O3/c1-8(10(19)20)7-18(5)12(21)14-6-9-15-11(17-16-9)13(2,3)4/h8H,6-7H2,1-5H3,(H,14,21)(H,19,20)(H,15,16,17). The molecule has 0 spiro atoms. The molecule has 3 N–H and O–H groups in total. The summed E-state index contributed by atoms with van der Waals surface area (Å²) in [5.41, 5.74) is -0.160. The van der Waals surface area contributed by atoms with Crippen LogP contribution in [0, 0.1) is 5.92 Å². The highest BCUT2D eigenvalue weighted by molar-refractivity contribution is 5.75. The number of urea groups is 1. The van der Waals surface area contributed by atoms with Crippen molar-refractivity contribution in [2.75, 3.05) is 13.6 Å². The van der Waals surface area contributed by atoms with Gasteiger partial charge >= 0.3 is 12.0 Å². The third kappa shape index (κ3) is 5.05. The molecule has 21 heavy (non-hydrogen) atoms. The van der Waals surface area contributed by atoms with Gasteiger partial charge in [-0.25, -0.2) is 9.78 Å². The Morgan fingerprint density at radius 1 is 1.43 bits per heavy atom. The molecule has 0 aliphatic rings. The molecule has 0 aliphatic carbocycles. The van der Waals surface area contributed by atoms with Crippen molar-refractivity contribution in [1.29, 1.82) is 0 Å². The summed E-state index contributed by atoms with van der Waals surface area (Å²) >= 11 is 0. The van der Waals surface area contributed by atoms with Gasteiger partial charge in [-0.2, -0.15) is 5.10 Å². The predicted molar refractivity (Wildman–Crippen MR) is 76.7 cm³/mol. The van der Waals surface area contributed by atoms with Crippen molar-refractivity contribution in [3.63, 3.8) is 0 Å². The third-order valence-corrected chi connectivity index (χ3v) is 2.93. The number of aromatic nitrogens is 3. The van der Waals surface area contributed by atoms with Crippen molar-refractivity contribution in [1.82, 2.24) is 25.4 Å². The number of H-pyrrole nitrogens is 1. The molecule has 1 unspecified atom stereocenters. The Balaban J connectivity index is 2.49. The van der Waals surface area contributed by atoms with Crippen LogP contribution >= 0.6 is 0 Å². The Labute approximate surface area is 123 Å². The zero-order valence-electron chi connectivity index (χ0n) is 13.1. The van der Waals surface area contributed by atoms with E-state index in [1.54, 1.807) is 14.0 Å². The number of amides is 2. The molecule has 1 heterocycles. The van der Waals surface area contributed by atoms with E-state index in [0.717, 1.165) is 0 Å². The molecule has 118 valence electrons. The summed E-state index contributed by atoms with van der Waals surface area (Å²) in [6.45, 7) is 7.91. The van der Waals surface area contributed by atoms with Crippen LogP contribution in [0.3, 0.4) is 0 Å². The molecule has 0 bridgehead atoms. The number of carbonyl (C=O) groups excluding carboxylic acids is 1. The van der Waals surface area contributed by atoms with E-state index in [1.807, 2.05) is 20.8 Å². The van der Waals surface area contributed by atoms with Gasteiger partial charge in [0.1, 0.15) is 5.82 Å². The maximum atomic E-state index is 11.8. The highest BCUT2D eigenvalue weighted by Gasteiger charge is 2.20. The summed E-state index contributed by atoms with van der Waals surface area (Å²) in [6, 6.07) is -0.350. The van der Waals surface area contributed by atoms with Crippen LogP contribution in [0.4, 0.5) is 4.79 Å². The minimum absolute atomic E-state index is 0.144. The first-order valence-electron chi connectivity index (χ1n) is 6.74. The molecule has 0 radical (unpaired) electrons. The highest BCUT2D eigenvalue weighted by atomic mass is 16.4. The van der Waals surface area contributed by atoms with E-state index in [4.69, 9.17) is 5.11 Å². The number of nitrogens with zero attached hydrogens (tertiary/aromatic N) is 3. The van der Waals surface area contributed by atoms with E-state index in [9.17, 15) is 9.59 Å². The van der Waals surface area contributed by atoms with Crippen molar-refractivity contribution in [2.45, 2.75) is 39.7 Å². The van der Waals surface area contributed by atoms with Crippen LogP contribution in [0.25, 0.3) is 0 Å². The number of nitrogens with one attached hydrogen (secondary N) is 2. The van der Waals surface area contributed by atoms with Crippen molar-refractivity contribution in [3.05, 3.63) is 11.6 Å². The zero-order valence-corrected chi connectivity index (χ0v) is 13.1. The molecule has 1 aromatic rings. The van der Waals surface area contributed by atoms with Gasteiger partial charge in [-0.05, 0) is 0 Å². The lowest BCUT2D eigenvalue weighted by Crippen LogP contribution is -2.40. The predicted octanol–water partition coefficient (Wildman–Crippen LogP) is 0.964. The fourth-order valence-corrected chi connectivity index (χ4v) is 1.58. The van der Waals surface area contributed by atoms with Gasteiger partial charge in [-0.15, -0.1) is 0 Å². The number of rotatable bonds is 5. The number of carboxylic acids is 1. The summed E-state index contributed by atoms with van der Waals surface area (Å²) in [4.78, 5) is 28.2. The van der Waals surface area contributed by atoms with Gasteiger partial charge in [0.25, 0.3) is 0 Å². The lowest BCUT2D eigenvalue weighted by atomic mass is 9.96. The molecule has 1 aromatic heterocycles. The van der Waals surface area contributed by atoms with Gasteiger partial charge in [-0.3, -0.25) is 9.89 Å². The maximum Gasteiger partial charge on any atom is 0.317 e. The number of carboxylic acid groups (broad SMARTS) is 1. The van der Waals surface area contributed by atoms with Gasteiger partial charge in [0.15, 0.2) is 5.82 Å². The first kappa shape index (κ1) is 16.9. The van der Waals surface area contributed by atoms with Crippen LogP contribution in [0.2, 0.25) is 0 Å². The Kier molecular flexibility index (Phi) is 5.28. The summed E-state index contributed by atoms with van der Waals surface area (Å²) in [7, 11) is 1.55. The van der Waals surface area contributed by atoms with Crippen molar-refractivity contribution >= 4 is 12.0 Å². The first-order chi connectivity index (χ1) is 9.61.